The van der Waals surface area contributed by atoms with Gasteiger partial charge >= 0.3 is 0 Å². The van der Waals surface area contributed by atoms with Gasteiger partial charge in [0.1, 0.15) is 25.3 Å². The zero-order chi connectivity index (χ0) is 18.4. The molecule has 2 aromatic rings. The number of guanidine groups is 1. The molecule has 124 valence electrons. The fraction of sp³-hybridized carbons (Fsp3) is 0.235. The number of rotatable bonds is 2. The Morgan fingerprint density at radius 2 is 2.20 bits per heavy atom. The SMILES string of the molecule is [B]c1cc([C@]2(C)CC(=O)N(C)C(N)=N2)sc1-c1ccc(F)c(C#N)c1. The van der Waals surface area contributed by atoms with Crippen LogP contribution < -0.4 is 11.2 Å². The van der Waals surface area contributed by atoms with Crippen molar-refractivity contribution in [1.29, 1.82) is 5.26 Å². The van der Waals surface area contributed by atoms with Gasteiger partial charge in [-0.05, 0) is 24.6 Å². The number of nitriles is 1. The minimum Gasteiger partial charge on any atom is -0.369 e. The van der Waals surface area contributed by atoms with Crippen molar-refractivity contribution in [1.82, 2.24) is 4.90 Å². The fourth-order valence-corrected chi connectivity index (χ4v) is 3.86. The van der Waals surface area contributed by atoms with E-state index in [1.54, 1.807) is 19.2 Å². The second-order valence-corrected chi connectivity index (χ2v) is 7.13. The predicted octanol–water partition coefficient (Wildman–Crippen LogP) is 1.61. The van der Waals surface area contributed by atoms with Crippen molar-refractivity contribution in [3.63, 3.8) is 0 Å². The molecule has 1 aliphatic rings. The van der Waals surface area contributed by atoms with Crippen LogP contribution in [0.15, 0.2) is 29.3 Å². The highest BCUT2D eigenvalue weighted by molar-refractivity contribution is 7.17. The van der Waals surface area contributed by atoms with Gasteiger partial charge in [-0.25, -0.2) is 9.38 Å². The van der Waals surface area contributed by atoms with E-state index in [1.165, 1.54) is 28.4 Å². The van der Waals surface area contributed by atoms with Gasteiger partial charge in [-0.15, -0.1) is 11.3 Å². The monoisotopic (exact) mass is 352 g/mol. The van der Waals surface area contributed by atoms with Gasteiger partial charge in [0, 0.05) is 16.8 Å². The summed E-state index contributed by atoms with van der Waals surface area (Å²) in [6.07, 6.45) is 0.177. The second-order valence-electron chi connectivity index (χ2n) is 6.07. The van der Waals surface area contributed by atoms with E-state index in [2.05, 4.69) is 4.99 Å². The van der Waals surface area contributed by atoms with Gasteiger partial charge < -0.3 is 5.73 Å². The van der Waals surface area contributed by atoms with Crippen LogP contribution >= 0.6 is 11.3 Å². The number of aliphatic imine (C=N–C) groups is 1. The average Bonchev–Trinajstić information content (AvgIpc) is 2.96. The van der Waals surface area contributed by atoms with Gasteiger partial charge in [0.25, 0.3) is 0 Å². The number of thiophene rings is 1. The molecule has 1 aliphatic heterocycles. The number of amides is 1. The number of nitrogens with zero attached hydrogens (tertiary/aromatic N) is 3. The van der Waals surface area contributed by atoms with Gasteiger partial charge in [0.05, 0.1) is 12.0 Å². The molecule has 0 bridgehead atoms. The van der Waals surface area contributed by atoms with Crippen LogP contribution in [0.2, 0.25) is 0 Å². The van der Waals surface area contributed by atoms with Gasteiger partial charge in [0.2, 0.25) is 5.91 Å². The van der Waals surface area contributed by atoms with E-state index in [0.717, 1.165) is 4.88 Å². The number of benzene rings is 1. The van der Waals surface area contributed by atoms with Crippen molar-refractivity contribution in [3.05, 3.63) is 40.5 Å². The summed E-state index contributed by atoms with van der Waals surface area (Å²) in [4.78, 5) is 19.4. The minimum absolute atomic E-state index is 0.0465. The molecule has 3 rings (SSSR count). The molecule has 8 heteroatoms. The van der Waals surface area contributed by atoms with Crippen LogP contribution in [0.1, 0.15) is 23.8 Å². The van der Waals surface area contributed by atoms with Crippen molar-refractivity contribution in [2.75, 3.05) is 7.05 Å². The highest BCUT2D eigenvalue weighted by Gasteiger charge is 2.37. The first-order chi connectivity index (χ1) is 11.7. The fourth-order valence-electron chi connectivity index (χ4n) is 2.70. The van der Waals surface area contributed by atoms with Crippen LogP contribution in [0, 0.1) is 17.1 Å². The first kappa shape index (κ1) is 17.2. The number of halogens is 1. The van der Waals surface area contributed by atoms with E-state index in [0.29, 0.717) is 15.9 Å². The van der Waals surface area contributed by atoms with E-state index in [4.69, 9.17) is 18.8 Å². The molecule has 0 fully saturated rings. The highest BCUT2D eigenvalue weighted by Crippen LogP contribution is 2.39. The average molecular weight is 352 g/mol. The van der Waals surface area contributed by atoms with Crippen molar-refractivity contribution in [2.45, 2.75) is 18.9 Å². The lowest BCUT2D eigenvalue weighted by molar-refractivity contribution is -0.128. The third-order valence-corrected chi connectivity index (χ3v) is 5.67. The molecule has 0 saturated heterocycles. The lowest BCUT2D eigenvalue weighted by Gasteiger charge is -2.32. The van der Waals surface area contributed by atoms with Crippen molar-refractivity contribution < 1.29 is 9.18 Å². The summed E-state index contributed by atoms with van der Waals surface area (Å²) in [7, 11) is 7.70. The Morgan fingerprint density at radius 3 is 2.84 bits per heavy atom. The topological polar surface area (TPSA) is 82.5 Å². The summed E-state index contributed by atoms with van der Waals surface area (Å²) in [5.74, 6) is -0.551. The summed E-state index contributed by atoms with van der Waals surface area (Å²) in [5.41, 5.74) is 6.12. The smallest absolute Gasteiger partial charge is 0.231 e. The summed E-state index contributed by atoms with van der Waals surface area (Å²) >= 11 is 1.36. The molecule has 1 amide bonds. The molecule has 1 aromatic carbocycles. The standard InChI is InChI=1S/C17H14BFN4OS/c1-17(7-14(24)23(2)16(21)22-17)13-6-11(18)15(25-13)9-3-4-12(19)10(5-9)8-20/h3-6H,7H2,1-2H3,(H2,21,22)/t17-/m0/s1. The normalized spacial score (nSPS) is 20.3. The Balaban J connectivity index is 2.07. The molecule has 1 atom stereocenters. The third kappa shape index (κ3) is 2.92. The van der Waals surface area contributed by atoms with Crippen LogP contribution in [-0.4, -0.2) is 31.7 Å². The lowest BCUT2D eigenvalue weighted by atomic mass is 9.89. The number of carbonyl (C=O) groups is 1. The molecule has 25 heavy (non-hydrogen) atoms. The maximum Gasteiger partial charge on any atom is 0.231 e. The van der Waals surface area contributed by atoms with Crippen molar-refractivity contribution in [2.24, 2.45) is 10.7 Å². The third-order valence-electron chi connectivity index (χ3n) is 4.22. The molecule has 2 N–H and O–H groups in total. The maximum atomic E-state index is 13.5. The molecule has 5 nitrogen and oxygen atoms in total. The van der Waals surface area contributed by atoms with Gasteiger partial charge in [-0.3, -0.25) is 9.69 Å². The minimum atomic E-state index is -0.803. The molecule has 0 unspecified atom stereocenters. The number of hydrogen-bond donors (Lipinski definition) is 1. The van der Waals surface area contributed by atoms with Crippen LogP contribution in [0.3, 0.4) is 0 Å². The van der Waals surface area contributed by atoms with E-state index < -0.39 is 11.4 Å². The zero-order valence-electron chi connectivity index (χ0n) is 13.7. The number of carbonyl (C=O) groups excluding carboxylic acids is 1. The number of hydrogen-bond acceptors (Lipinski definition) is 5. The molecule has 2 radical (unpaired) electrons. The second kappa shape index (κ2) is 6.01. The Kier molecular flexibility index (Phi) is 4.13. The van der Waals surface area contributed by atoms with Crippen LogP contribution in [0.4, 0.5) is 4.39 Å². The summed E-state index contributed by atoms with van der Waals surface area (Å²) < 4.78 is 13.5. The largest absolute Gasteiger partial charge is 0.369 e. The van der Waals surface area contributed by atoms with Gasteiger partial charge in [-0.1, -0.05) is 17.6 Å². The summed E-state index contributed by atoms with van der Waals surface area (Å²) in [6.45, 7) is 1.82. The van der Waals surface area contributed by atoms with E-state index in [1.807, 2.05) is 13.0 Å². The highest BCUT2D eigenvalue weighted by atomic mass is 32.1. The molecular formula is C17H14BFN4OS. The summed E-state index contributed by atoms with van der Waals surface area (Å²) in [5, 5.41) is 9.00. The Labute approximate surface area is 150 Å². The quantitative estimate of drug-likeness (QED) is 0.834. The molecule has 2 heterocycles. The first-order valence-electron chi connectivity index (χ1n) is 7.47. The Morgan fingerprint density at radius 1 is 1.48 bits per heavy atom. The molecule has 0 spiro atoms. The van der Waals surface area contributed by atoms with E-state index >= 15 is 0 Å². The molecular weight excluding hydrogens is 338 g/mol. The Bertz CT molecular complexity index is 949. The van der Waals surface area contributed by atoms with Crippen LogP contribution in [-0.2, 0) is 10.3 Å². The summed E-state index contributed by atoms with van der Waals surface area (Å²) in [6, 6.07) is 7.84. The maximum absolute atomic E-state index is 13.5. The first-order valence-corrected chi connectivity index (χ1v) is 8.28. The van der Waals surface area contributed by atoms with Crippen molar-refractivity contribution >= 4 is 36.5 Å². The van der Waals surface area contributed by atoms with Gasteiger partial charge in [0.15, 0.2) is 5.96 Å². The Hall–Kier alpha value is -2.66. The number of nitrogens with two attached hydrogens (primary N) is 1. The van der Waals surface area contributed by atoms with Crippen LogP contribution in [0.25, 0.3) is 10.4 Å². The predicted molar refractivity (Wildman–Crippen MR) is 96.2 cm³/mol. The van der Waals surface area contributed by atoms with E-state index in [-0.39, 0.29) is 23.9 Å². The molecule has 0 saturated carbocycles. The van der Waals surface area contributed by atoms with Gasteiger partial charge in [-0.2, -0.15) is 5.26 Å². The van der Waals surface area contributed by atoms with Crippen molar-refractivity contribution in [3.8, 4) is 16.5 Å². The lowest BCUT2D eigenvalue weighted by Crippen LogP contribution is -2.47. The van der Waals surface area contributed by atoms with Crippen LogP contribution in [0.5, 0.6) is 0 Å². The molecule has 0 aliphatic carbocycles. The van der Waals surface area contributed by atoms with E-state index in [9.17, 15) is 9.18 Å². The zero-order valence-corrected chi connectivity index (χ0v) is 14.5. The molecule has 1 aromatic heterocycles.